The maximum atomic E-state index is 6.71. The van der Waals surface area contributed by atoms with Crippen LogP contribution in [0.15, 0.2) is 145 Å². The van der Waals surface area contributed by atoms with Crippen LogP contribution in [0.5, 0.6) is 11.5 Å². The molecule has 3 heterocycles. The first-order valence-electron chi connectivity index (χ1n) is 14.4. The molecule has 4 aliphatic rings. The Morgan fingerprint density at radius 2 is 1.54 bits per heavy atom. The first kappa shape index (κ1) is 24.2. The third-order valence-corrected chi connectivity index (χ3v) is 8.72. The molecule has 200 valence electrons. The number of hydrogen-bond donors (Lipinski definition) is 2. The maximum absolute atomic E-state index is 6.71. The fourth-order valence-electron chi connectivity index (χ4n) is 6.90. The van der Waals surface area contributed by atoms with Gasteiger partial charge in [-0.3, -0.25) is 10.3 Å². The van der Waals surface area contributed by atoms with Gasteiger partial charge in [0.2, 0.25) is 0 Å². The molecule has 0 saturated carbocycles. The molecule has 3 unspecified atom stereocenters. The number of fused-ring (bicyclic) bond motifs is 3. The lowest BCUT2D eigenvalue weighted by atomic mass is 9.61. The Morgan fingerprint density at radius 1 is 0.756 bits per heavy atom. The molecule has 4 aromatic carbocycles. The summed E-state index contributed by atoms with van der Waals surface area (Å²) < 4.78 is 6.71. The molecule has 4 aromatic rings. The lowest BCUT2D eigenvalue weighted by Gasteiger charge is -2.43. The SMILES string of the molecule is C1=CCCC(C2(c3ccccc3)c3ccccc3Oc3cc(C4NC5C=CC=C(c6ccccc6)N5N4)ccc32)=C1. The van der Waals surface area contributed by atoms with Crippen LogP contribution in [0, 0.1) is 0 Å². The lowest BCUT2D eigenvalue weighted by molar-refractivity contribution is 0.309. The number of hydrogen-bond acceptors (Lipinski definition) is 4. The number of benzene rings is 4. The Bertz CT molecular complexity index is 1740. The number of para-hydroxylation sites is 1. The Labute approximate surface area is 241 Å². The molecule has 0 amide bonds. The second-order valence-electron chi connectivity index (χ2n) is 11.0. The highest BCUT2D eigenvalue weighted by atomic mass is 16.5. The van der Waals surface area contributed by atoms with E-state index in [1.54, 1.807) is 0 Å². The first-order chi connectivity index (χ1) is 20.3. The van der Waals surface area contributed by atoms with Gasteiger partial charge in [0.15, 0.2) is 0 Å². The van der Waals surface area contributed by atoms with E-state index in [4.69, 9.17) is 4.74 Å². The van der Waals surface area contributed by atoms with Crippen LogP contribution in [0.1, 0.15) is 46.8 Å². The largest absolute Gasteiger partial charge is 0.457 e. The van der Waals surface area contributed by atoms with Gasteiger partial charge in [0.1, 0.15) is 23.8 Å². The van der Waals surface area contributed by atoms with E-state index >= 15 is 0 Å². The van der Waals surface area contributed by atoms with Crippen LogP contribution in [0.25, 0.3) is 5.70 Å². The molecular formula is C37H31N3O. The van der Waals surface area contributed by atoms with Gasteiger partial charge in [-0.2, -0.15) is 0 Å². The molecule has 0 spiro atoms. The van der Waals surface area contributed by atoms with E-state index in [1.165, 1.54) is 27.8 Å². The zero-order valence-corrected chi connectivity index (χ0v) is 22.7. The Hall–Kier alpha value is -4.64. The predicted molar refractivity (Wildman–Crippen MR) is 164 cm³/mol. The minimum atomic E-state index is -0.422. The second-order valence-corrected chi connectivity index (χ2v) is 11.0. The molecule has 3 aliphatic heterocycles. The number of allylic oxidation sites excluding steroid dienone is 6. The van der Waals surface area contributed by atoms with Gasteiger partial charge in [-0.05, 0) is 53.8 Å². The summed E-state index contributed by atoms with van der Waals surface area (Å²) in [5.41, 5.74) is 11.8. The van der Waals surface area contributed by atoms with Gasteiger partial charge >= 0.3 is 0 Å². The Balaban J connectivity index is 1.24. The van der Waals surface area contributed by atoms with Crippen molar-refractivity contribution in [2.75, 3.05) is 0 Å². The van der Waals surface area contributed by atoms with Crippen LogP contribution in [0.3, 0.4) is 0 Å². The van der Waals surface area contributed by atoms with Crippen LogP contribution in [0.4, 0.5) is 0 Å². The zero-order chi connectivity index (χ0) is 27.2. The van der Waals surface area contributed by atoms with Crippen LogP contribution in [-0.4, -0.2) is 11.2 Å². The van der Waals surface area contributed by atoms with Crippen LogP contribution >= 0.6 is 0 Å². The average molecular weight is 534 g/mol. The third-order valence-electron chi connectivity index (χ3n) is 8.72. The summed E-state index contributed by atoms with van der Waals surface area (Å²) >= 11 is 0. The van der Waals surface area contributed by atoms with Crippen molar-refractivity contribution >= 4 is 5.70 Å². The molecule has 4 heteroatoms. The van der Waals surface area contributed by atoms with E-state index in [1.807, 2.05) is 0 Å². The van der Waals surface area contributed by atoms with Crippen molar-refractivity contribution < 1.29 is 4.74 Å². The summed E-state index contributed by atoms with van der Waals surface area (Å²) in [5.74, 6) is 1.82. The van der Waals surface area contributed by atoms with Crippen LogP contribution in [0.2, 0.25) is 0 Å². The third kappa shape index (κ3) is 3.83. The van der Waals surface area contributed by atoms with E-state index in [2.05, 4.69) is 155 Å². The van der Waals surface area contributed by atoms with Gasteiger partial charge in [0.25, 0.3) is 0 Å². The molecule has 3 atom stereocenters. The highest BCUT2D eigenvalue weighted by Crippen LogP contribution is 2.57. The standard InChI is InChI=1S/C37H31N3O/c1-4-13-26(14-5-1)32-20-12-22-35-38-36(39-40(32)35)27-23-24-31-34(25-27)41-33-21-11-10-19-30(33)37(31,28-15-6-2-7-16-28)29-17-8-3-9-18-29/h1-8,10-17,19-25,35-36,38-39H,9,18H2. The number of hydrazine groups is 1. The number of nitrogens with zero attached hydrogens (tertiary/aromatic N) is 1. The zero-order valence-electron chi connectivity index (χ0n) is 22.7. The van der Waals surface area contributed by atoms with Crippen molar-refractivity contribution in [2.24, 2.45) is 0 Å². The highest BCUT2D eigenvalue weighted by Gasteiger charge is 2.46. The molecule has 0 bridgehead atoms. The first-order valence-corrected chi connectivity index (χ1v) is 14.4. The maximum Gasteiger partial charge on any atom is 0.132 e. The monoisotopic (exact) mass is 533 g/mol. The summed E-state index contributed by atoms with van der Waals surface area (Å²) in [6, 6.07) is 36.8. The minimum Gasteiger partial charge on any atom is -0.457 e. The van der Waals surface area contributed by atoms with Gasteiger partial charge in [-0.1, -0.05) is 121 Å². The molecule has 1 aliphatic carbocycles. The van der Waals surface area contributed by atoms with E-state index in [9.17, 15) is 0 Å². The fraction of sp³-hybridized carbons (Fsp3) is 0.135. The van der Waals surface area contributed by atoms with E-state index < -0.39 is 5.41 Å². The van der Waals surface area contributed by atoms with Crippen molar-refractivity contribution in [3.63, 3.8) is 0 Å². The molecule has 0 aromatic heterocycles. The summed E-state index contributed by atoms with van der Waals surface area (Å²) in [4.78, 5) is 0. The van der Waals surface area contributed by atoms with E-state index in [-0.39, 0.29) is 12.3 Å². The highest BCUT2D eigenvalue weighted by molar-refractivity contribution is 5.70. The van der Waals surface area contributed by atoms with Crippen molar-refractivity contribution in [3.05, 3.63) is 173 Å². The minimum absolute atomic E-state index is 0.0560. The number of nitrogens with one attached hydrogen (secondary N) is 2. The second kappa shape index (κ2) is 9.77. The number of rotatable bonds is 4. The summed E-state index contributed by atoms with van der Waals surface area (Å²) in [6.45, 7) is 0. The Morgan fingerprint density at radius 3 is 2.37 bits per heavy atom. The molecule has 41 heavy (non-hydrogen) atoms. The topological polar surface area (TPSA) is 36.5 Å². The van der Waals surface area contributed by atoms with Gasteiger partial charge in [-0.15, -0.1) is 0 Å². The molecule has 1 saturated heterocycles. The van der Waals surface area contributed by atoms with Gasteiger partial charge in [0.05, 0.1) is 11.1 Å². The van der Waals surface area contributed by atoms with Crippen LogP contribution in [-0.2, 0) is 5.41 Å². The molecule has 0 radical (unpaired) electrons. The quantitative estimate of drug-likeness (QED) is 0.281. The molecule has 4 nitrogen and oxygen atoms in total. The van der Waals surface area contributed by atoms with E-state index in [0.29, 0.717) is 0 Å². The van der Waals surface area contributed by atoms with Crippen molar-refractivity contribution in [3.8, 4) is 11.5 Å². The Kier molecular flexibility index (Phi) is 5.76. The van der Waals surface area contributed by atoms with Crippen molar-refractivity contribution in [1.82, 2.24) is 15.8 Å². The van der Waals surface area contributed by atoms with Crippen LogP contribution < -0.4 is 15.5 Å². The smallest absolute Gasteiger partial charge is 0.132 e. The summed E-state index contributed by atoms with van der Waals surface area (Å²) in [5, 5.41) is 5.99. The number of ether oxygens (including phenoxy) is 1. The lowest BCUT2D eigenvalue weighted by Crippen LogP contribution is -2.38. The van der Waals surface area contributed by atoms with Gasteiger partial charge in [-0.25, -0.2) is 5.43 Å². The molecule has 2 N–H and O–H groups in total. The van der Waals surface area contributed by atoms with Crippen molar-refractivity contribution in [2.45, 2.75) is 30.6 Å². The molecule has 1 fully saturated rings. The molecular weight excluding hydrogens is 502 g/mol. The van der Waals surface area contributed by atoms with Crippen molar-refractivity contribution in [1.29, 1.82) is 0 Å². The van der Waals surface area contributed by atoms with E-state index in [0.717, 1.165) is 35.6 Å². The average Bonchev–Trinajstić information content (AvgIpc) is 3.49. The van der Waals surface area contributed by atoms with Gasteiger partial charge < -0.3 is 4.74 Å². The normalized spacial score (nSPS) is 24.0. The summed E-state index contributed by atoms with van der Waals surface area (Å²) in [6.07, 6.45) is 15.3. The summed E-state index contributed by atoms with van der Waals surface area (Å²) in [7, 11) is 0. The van der Waals surface area contributed by atoms with Gasteiger partial charge in [0, 0.05) is 11.1 Å². The molecule has 8 rings (SSSR count). The predicted octanol–water partition coefficient (Wildman–Crippen LogP) is 7.75. The fourth-order valence-corrected chi connectivity index (χ4v) is 6.90.